The number of imidazole rings is 1. The van der Waals surface area contributed by atoms with Gasteiger partial charge in [0.1, 0.15) is 11.6 Å². The van der Waals surface area contributed by atoms with Gasteiger partial charge in [0.2, 0.25) is 0 Å². The van der Waals surface area contributed by atoms with Gasteiger partial charge in [0.25, 0.3) is 0 Å². The second-order valence-corrected chi connectivity index (χ2v) is 13.6. The zero-order valence-corrected chi connectivity index (χ0v) is 20.4. The number of nitrogens with zero attached hydrogens (tertiary/aromatic N) is 4. The molecule has 3 aliphatic rings. The molecule has 2 aromatic rings. The molecule has 0 aromatic carbocycles. The van der Waals surface area contributed by atoms with E-state index in [9.17, 15) is 14.0 Å². The van der Waals surface area contributed by atoms with Gasteiger partial charge in [0.05, 0.1) is 24.6 Å². The standard InChI is InChI=1S/C19H27ClN4O7P2/c20-18-6-15(23-8-12-2-1-3-13(12)9-23)16-7-21-19(24(16)22-18)17-5-4-14(31-17)10-30-33(28,29)11-32(25,26)27/h6-7,12-14,17H,1-5,8-11H2,(H,28,29)(H2,25,26,27)/t12?,13?,14-,17+/m0/s1. The molecule has 1 saturated carbocycles. The van der Waals surface area contributed by atoms with Crippen molar-refractivity contribution >= 4 is 38.0 Å². The fourth-order valence-electron chi connectivity index (χ4n) is 5.35. The lowest BCUT2D eigenvalue weighted by Crippen LogP contribution is -2.22. The first-order valence-corrected chi connectivity index (χ1v) is 15.0. The van der Waals surface area contributed by atoms with E-state index in [-0.39, 0.29) is 6.61 Å². The predicted molar refractivity (Wildman–Crippen MR) is 121 cm³/mol. The fourth-order valence-corrected chi connectivity index (χ4v) is 8.11. The summed E-state index contributed by atoms with van der Waals surface area (Å²) >= 11 is 6.37. The van der Waals surface area contributed by atoms with Crippen molar-refractivity contribution in [3.63, 3.8) is 0 Å². The number of fused-ring (bicyclic) bond motifs is 2. The minimum absolute atomic E-state index is 0.246. The Morgan fingerprint density at radius 1 is 1.15 bits per heavy atom. The molecule has 2 saturated heterocycles. The third kappa shape index (κ3) is 5.16. The van der Waals surface area contributed by atoms with Gasteiger partial charge in [0, 0.05) is 19.2 Å². The van der Waals surface area contributed by atoms with Crippen LogP contribution in [0.3, 0.4) is 0 Å². The Bertz CT molecular complexity index is 1130. The van der Waals surface area contributed by atoms with Crippen LogP contribution in [0.4, 0.5) is 5.69 Å². The number of halogens is 1. The van der Waals surface area contributed by atoms with Crippen LogP contribution in [0, 0.1) is 11.8 Å². The van der Waals surface area contributed by atoms with Gasteiger partial charge in [-0.05, 0) is 37.5 Å². The van der Waals surface area contributed by atoms with Crippen molar-refractivity contribution in [2.24, 2.45) is 11.8 Å². The van der Waals surface area contributed by atoms with Gasteiger partial charge in [-0.25, -0.2) is 9.50 Å². The van der Waals surface area contributed by atoms with E-state index in [2.05, 4.69) is 15.0 Å². The predicted octanol–water partition coefficient (Wildman–Crippen LogP) is 3.18. The monoisotopic (exact) mass is 520 g/mol. The number of ether oxygens (including phenoxy) is 1. The van der Waals surface area contributed by atoms with Crippen molar-refractivity contribution in [1.82, 2.24) is 14.6 Å². The molecule has 33 heavy (non-hydrogen) atoms. The summed E-state index contributed by atoms with van der Waals surface area (Å²) in [6, 6.07) is 1.88. The third-order valence-corrected chi connectivity index (χ3v) is 10.4. The molecule has 5 atom stereocenters. The van der Waals surface area contributed by atoms with Crippen LogP contribution >= 0.6 is 26.8 Å². The minimum atomic E-state index is -4.67. The average Bonchev–Trinajstić information content (AvgIpc) is 3.46. The number of rotatable bonds is 7. The van der Waals surface area contributed by atoms with Crippen LogP contribution in [0.1, 0.15) is 44.0 Å². The molecule has 182 valence electrons. The average molecular weight is 521 g/mol. The maximum atomic E-state index is 11.9. The second kappa shape index (κ2) is 8.88. The van der Waals surface area contributed by atoms with Gasteiger partial charge >= 0.3 is 15.2 Å². The number of aromatic nitrogens is 3. The SMILES string of the molecule is O=P(O)(O)CP(=O)(O)OC[C@@H]1CC[C@H](c2ncc3c(N4CC5CCCC5C4)cc(Cl)nn23)O1. The van der Waals surface area contributed by atoms with Crippen LogP contribution < -0.4 is 4.90 Å². The number of hydrogen-bond acceptors (Lipinski definition) is 7. The molecule has 3 fully saturated rings. The topological polar surface area (TPSA) is 147 Å². The molecule has 2 aromatic heterocycles. The summed E-state index contributed by atoms with van der Waals surface area (Å²) in [4.78, 5) is 34.4. The highest BCUT2D eigenvalue weighted by atomic mass is 35.5. The molecule has 0 radical (unpaired) electrons. The summed E-state index contributed by atoms with van der Waals surface area (Å²) in [5.74, 6) is 0.834. The zero-order chi connectivity index (χ0) is 23.4. The first-order valence-electron chi connectivity index (χ1n) is 11.0. The molecule has 11 nitrogen and oxygen atoms in total. The van der Waals surface area contributed by atoms with Crippen molar-refractivity contribution in [1.29, 1.82) is 0 Å². The smallest absolute Gasteiger partial charge is 0.340 e. The van der Waals surface area contributed by atoms with Gasteiger partial charge in [-0.1, -0.05) is 18.0 Å². The van der Waals surface area contributed by atoms with E-state index in [4.69, 9.17) is 30.6 Å². The van der Waals surface area contributed by atoms with Crippen molar-refractivity contribution in [3.05, 3.63) is 23.2 Å². The molecule has 0 amide bonds. The minimum Gasteiger partial charge on any atom is -0.369 e. The fraction of sp³-hybridized carbons (Fsp3) is 0.684. The zero-order valence-electron chi connectivity index (χ0n) is 17.9. The van der Waals surface area contributed by atoms with Crippen molar-refractivity contribution in [2.45, 2.75) is 44.3 Å². The summed E-state index contributed by atoms with van der Waals surface area (Å²) in [6.07, 6.45) is 5.86. The Hall–Kier alpha value is -1.03. The van der Waals surface area contributed by atoms with E-state index < -0.39 is 33.3 Å². The summed E-state index contributed by atoms with van der Waals surface area (Å²) in [5.41, 5.74) is 1.87. The normalized spacial score (nSPS) is 29.6. The first-order chi connectivity index (χ1) is 15.6. The molecule has 3 unspecified atom stereocenters. The largest absolute Gasteiger partial charge is 0.369 e. The molecule has 3 N–H and O–H groups in total. The first kappa shape index (κ1) is 23.7. The Balaban J connectivity index is 1.29. The van der Waals surface area contributed by atoms with E-state index in [1.807, 2.05) is 6.07 Å². The summed E-state index contributed by atoms with van der Waals surface area (Å²) in [7, 11) is -9.09. The Morgan fingerprint density at radius 3 is 2.58 bits per heavy atom. The number of hydrogen-bond donors (Lipinski definition) is 3. The van der Waals surface area contributed by atoms with Gasteiger partial charge in [0.15, 0.2) is 16.9 Å². The maximum Gasteiger partial charge on any atom is 0.340 e. The molecule has 2 aliphatic heterocycles. The quantitative estimate of drug-likeness (QED) is 0.465. The van der Waals surface area contributed by atoms with Crippen LogP contribution in [-0.2, 0) is 18.4 Å². The molecule has 5 rings (SSSR count). The molecule has 1 aliphatic carbocycles. The Kier molecular flexibility index (Phi) is 6.38. The van der Waals surface area contributed by atoms with Crippen LogP contribution in [0.25, 0.3) is 5.52 Å². The maximum absolute atomic E-state index is 11.9. The van der Waals surface area contributed by atoms with E-state index in [1.54, 1.807) is 10.7 Å². The molecule has 0 bridgehead atoms. The highest BCUT2D eigenvalue weighted by Gasteiger charge is 2.38. The van der Waals surface area contributed by atoms with Gasteiger partial charge in [-0.15, -0.1) is 0 Å². The summed E-state index contributed by atoms with van der Waals surface area (Å²) in [6.45, 7) is 1.77. The van der Waals surface area contributed by atoms with Crippen LogP contribution in [0.5, 0.6) is 0 Å². The van der Waals surface area contributed by atoms with Crippen LogP contribution in [-0.4, -0.2) is 61.0 Å². The van der Waals surface area contributed by atoms with E-state index >= 15 is 0 Å². The third-order valence-electron chi connectivity index (χ3n) is 6.77. The summed E-state index contributed by atoms with van der Waals surface area (Å²) in [5, 5.41) is 4.81. The molecular weight excluding hydrogens is 494 g/mol. The van der Waals surface area contributed by atoms with E-state index in [0.717, 1.165) is 36.1 Å². The van der Waals surface area contributed by atoms with Gasteiger partial charge in [-0.3, -0.25) is 9.13 Å². The second-order valence-electron chi connectivity index (χ2n) is 9.19. The lowest BCUT2D eigenvalue weighted by atomic mass is 10.0. The van der Waals surface area contributed by atoms with E-state index in [0.29, 0.717) is 23.8 Å². The Labute approximate surface area is 195 Å². The van der Waals surface area contributed by atoms with E-state index in [1.165, 1.54) is 19.3 Å². The molecule has 0 spiro atoms. The molecule has 4 heterocycles. The van der Waals surface area contributed by atoms with Crippen molar-refractivity contribution in [3.8, 4) is 0 Å². The van der Waals surface area contributed by atoms with Crippen molar-refractivity contribution in [2.75, 3.05) is 30.5 Å². The Morgan fingerprint density at radius 2 is 1.88 bits per heavy atom. The summed E-state index contributed by atoms with van der Waals surface area (Å²) < 4.78 is 35.5. The van der Waals surface area contributed by atoms with Crippen LogP contribution in [0.2, 0.25) is 5.15 Å². The van der Waals surface area contributed by atoms with Crippen LogP contribution in [0.15, 0.2) is 12.3 Å². The lowest BCUT2D eigenvalue weighted by Gasteiger charge is -2.21. The molecule has 14 heteroatoms. The molecular formula is C19H27ClN4O7P2. The van der Waals surface area contributed by atoms with Gasteiger partial charge < -0.3 is 28.8 Å². The van der Waals surface area contributed by atoms with Crippen molar-refractivity contribution < 1.29 is 33.1 Å². The highest BCUT2D eigenvalue weighted by Crippen LogP contribution is 2.55. The highest BCUT2D eigenvalue weighted by molar-refractivity contribution is 7.70. The number of anilines is 1. The lowest BCUT2D eigenvalue weighted by molar-refractivity contribution is 0.0106. The van der Waals surface area contributed by atoms with Gasteiger partial charge in [-0.2, -0.15) is 5.10 Å².